The Kier molecular flexibility index (Phi) is 7.71. The smallest absolute Gasteiger partial charge is 0.123 e. The van der Waals surface area contributed by atoms with Crippen LogP contribution in [0.4, 0.5) is 10.1 Å². The fraction of sp³-hybridized carbons (Fsp3) is 0.600. The Bertz CT molecular complexity index is 394. The van der Waals surface area contributed by atoms with Crippen molar-refractivity contribution >= 4 is 29.4 Å². The minimum atomic E-state index is -0.162. The first-order chi connectivity index (χ1) is 10.3. The molecule has 0 unspecified atom stereocenters. The molecule has 1 aromatic rings. The van der Waals surface area contributed by atoms with Crippen LogP contribution in [-0.2, 0) is 0 Å². The molecular formula is C15H24FN3S2. The molecule has 2 rings (SSSR count). The van der Waals surface area contributed by atoms with E-state index >= 15 is 0 Å². The average molecular weight is 330 g/mol. The van der Waals surface area contributed by atoms with Crippen LogP contribution in [0.15, 0.2) is 24.3 Å². The number of thioether (sulfide) groups is 1. The SMILES string of the molecule is CNSCCCSCN1CCN(c2ccc(F)cc2)CC1. The molecule has 1 saturated heterocycles. The molecule has 0 spiro atoms. The number of hydrogen-bond donors (Lipinski definition) is 1. The van der Waals surface area contributed by atoms with E-state index in [1.54, 1.807) is 24.1 Å². The normalized spacial score (nSPS) is 16.4. The van der Waals surface area contributed by atoms with E-state index in [-0.39, 0.29) is 5.82 Å². The lowest BCUT2D eigenvalue weighted by Crippen LogP contribution is -2.46. The number of nitrogens with zero attached hydrogens (tertiary/aromatic N) is 2. The molecule has 1 fully saturated rings. The number of anilines is 1. The summed E-state index contributed by atoms with van der Waals surface area (Å²) >= 11 is 3.81. The van der Waals surface area contributed by atoms with E-state index in [4.69, 9.17) is 0 Å². The van der Waals surface area contributed by atoms with Crippen LogP contribution in [-0.4, -0.2) is 55.5 Å². The highest BCUT2D eigenvalue weighted by Crippen LogP contribution is 2.18. The van der Waals surface area contributed by atoms with Gasteiger partial charge < -0.3 is 4.90 Å². The number of halogens is 1. The minimum absolute atomic E-state index is 0.162. The summed E-state index contributed by atoms with van der Waals surface area (Å²) in [5.74, 6) is 3.38. The standard InChI is InChI=1S/C15H24FN3S2/c1-17-21-12-2-11-20-13-18-7-9-19(10-8-18)15-5-3-14(16)4-6-15/h3-6,17H,2,7-13H2,1H3. The predicted molar refractivity (Wildman–Crippen MR) is 93.6 cm³/mol. The number of benzene rings is 1. The molecule has 0 radical (unpaired) electrons. The number of nitrogens with one attached hydrogen (secondary N) is 1. The third-order valence-corrected chi connectivity index (χ3v) is 5.42. The highest BCUT2D eigenvalue weighted by molar-refractivity contribution is 7.99. The van der Waals surface area contributed by atoms with Crippen LogP contribution in [0.5, 0.6) is 0 Å². The first kappa shape index (κ1) is 16.9. The van der Waals surface area contributed by atoms with Gasteiger partial charge in [0.15, 0.2) is 0 Å². The van der Waals surface area contributed by atoms with Crippen LogP contribution in [0.25, 0.3) is 0 Å². The molecule has 0 amide bonds. The maximum atomic E-state index is 12.9. The lowest BCUT2D eigenvalue weighted by atomic mass is 10.2. The van der Waals surface area contributed by atoms with Crippen molar-refractivity contribution < 1.29 is 4.39 Å². The zero-order chi connectivity index (χ0) is 14.9. The van der Waals surface area contributed by atoms with Gasteiger partial charge in [-0.15, -0.1) is 11.8 Å². The molecule has 1 aliphatic rings. The molecule has 3 nitrogen and oxygen atoms in total. The summed E-state index contributed by atoms with van der Waals surface area (Å²) in [6, 6.07) is 6.83. The average Bonchev–Trinajstić information content (AvgIpc) is 2.52. The molecule has 118 valence electrons. The largest absolute Gasteiger partial charge is 0.369 e. The molecule has 0 bridgehead atoms. The van der Waals surface area contributed by atoms with Crippen LogP contribution in [0.2, 0.25) is 0 Å². The van der Waals surface area contributed by atoms with E-state index in [1.165, 1.54) is 17.9 Å². The van der Waals surface area contributed by atoms with Gasteiger partial charge in [0.2, 0.25) is 0 Å². The van der Waals surface area contributed by atoms with Crippen molar-refractivity contribution in [2.75, 3.05) is 55.5 Å². The molecule has 1 aliphatic heterocycles. The molecule has 6 heteroatoms. The summed E-state index contributed by atoms with van der Waals surface area (Å²) in [5, 5.41) is 0. The van der Waals surface area contributed by atoms with Crippen LogP contribution < -0.4 is 9.62 Å². The van der Waals surface area contributed by atoms with E-state index in [1.807, 2.05) is 30.9 Å². The van der Waals surface area contributed by atoms with Gasteiger partial charge in [-0.3, -0.25) is 9.62 Å². The summed E-state index contributed by atoms with van der Waals surface area (Å²) in [4.78, 5) is 4.85. The minimum Gasteiger partial charge on any atom is -0.369 e. The molecule has 21 heavy (non-hydrogen) atoms. The van der Waals surface area contributed by atoms with Crippen molar-refractivity contribution in [2.45, 2.75) is 6.42 Å². The zero-order valence-electron chi connectivity index (χ0n) is 12.6. The maximum absolute atomic E-state index is 12.9. The fourth-order valence-electron chi connectivity index (χ4n) is 2.32. The third kappa shape index (κ3) is 6.06. The predicted octanol–water partition coefficient (Wildman–Crippen LogP) is 2.90. The molecule has 0 aromatic heterocycles. The van der Waals surface area contributed by atoms with Crippen LogP contribution in [0.1, 0.15) is 6.42 Å². The topological polar surface area (TPSA) is 18.5 Å². The van der Waals surface area contributed by atoms with E-state index in [9.17, 15) is 4.39 Å². The fourth-order valence-corrected chi connectivity index (χ4v) is 3.99. The molecule has 1 heterocycles. The molecule has 1 N–H and O–H groups in total. The Labute approximate surface area is 135 Å². The summed E-state index contributed by atoms with van der Waals surface area (Å²) in [6.45, 7) is 4.24. The van der Waals surface area contributed by atoms with Crippen LogP contribution in [0, 0.1) is 5.82 Å². The van der Waals surface area contributed by atoms with Crippen molar-refractivity contribution in [2.24, 2.45) is 0 Å². The Morgan fingerprint density at radius 2 is 1.81 bits per heavy atom. The van der Waals surface area contributed by atoms with Crippen LogP contribution >= 0.6 is 23.7 Å². The van der Waals surface area contributed by atoms with Crippen molar-refractivity contribution in [1.29, 1.82) is 0 Å². The van der Waals surface area contributed by atoms with Gasteiger partial charge in [-0.1, -0.05) is 11.9 Å². The van der Waals surface area contributed by atoms with Gasteiger partial charge in [0, 0.05) is 43.5 Å². The lowest BCUT2D eigenvalue weighted by molar-refractivity contribution is 0.301. The quantitative estimate of drug-likeness (QED) is 0.582. The Morgan fingerprint density at radius 3 is 2.48 bits per heavy atom. The third-order valence-electron chi connectivity index (χ3n) is 3.52. The summed E-state index contributed by atoms with van der Waals surface area (Å²) in [6.07, 6.45) is 1.26. The van der Waals surface area contributed by atoms with Crippen molar-refractivity contribution in [3.63, 3.8) is 0 Å². The number of hydrogen-bond acceptors (Lipinski definition) is 5. The van der Waals surface area contributed by atoms with Gasteiger partial charge in [0.1, 0.15) is 5.82 Å². The summed E-state index contributed by atoms with van der Waals surface area (Å²) in [7, 11) is 1.97. The van der Waals surface area contributed by atoms with E-state index in [0.717, 1.165) is 37.7 Å². The second-order valence-corrected chi connectivity index (χ2v) is 7.20. The van der Waals surface area contributed by atoms with Crippen molar-refractivity contribution in [3.05, 3.63) is 30.1 Å². The summed E-state index contributed by atoms with van der Waals surface area (Å²) in [5.41, 5.74) is 1.13. The lowest BCUT2D eigenvalue weighted by Gasteiger charge is -2.35. The molecule has 0 saturated carbocycles. The summed E-state index contributed by atoms with van der Waals surface area (Å²) < 4.78 is 16.0. The van der Waals surface area contributed by atoms with Crippen molar-refractivity contribution in [3.8, 4) is 0 Å². The van der Waals surface area contributed by atoms with Gasteiger partial charge in [-0.2, -0.15) is 0 Å². The highest BCUT2D eigenvalue weighted by Gasteiger charge is 2.16. The first-order valence-corrected chi connectivity index (χ1v) is 9.53. The second-order valence-electron chi connectivity index (χ2n) is 5.02. The van der Waals surface area contributed by atoms with E-state index in [2.05, 4.69) is 14.5 Å². The number of rotatable bonds is 8. The second kappa shape index (κ2) is 9.56. The maximum Gasteiger partial charge on any atom is 0.123 e. The van der Waals surface area contributed by atoms with Gasteiger partial charge in [-0.05, 0) is 43.5 Å². The molecule has 0 atom stereocenters. The molecule has 1 aromatic carbocycles. The Hall–Kier alpha value is -0.430. The molecular weight excluding hydrogens is 305 g/mol. The van der Waals surface area contributed by atoms with E-state index < -0.39 is 0 Å². The van der Waals surface area contributed by atoms with Gasteiger partial charge >= 0.3 is 0 Å². The molecule has 0 aliphatic carbocycles. The Balaban J connectivity index is 1.61. The van der Waals surface area contributed by atoms with Crippen molar-refractivity contribution in [1.82, 2.24) is 9.62 Å². The van der Waals surface area contributed by atoms with Gasteiger partial charge in [0.25, 0.3) is 0 Å². The van der Waals surface area contributed by atoms with Gasteiger partial charge in [0.05, 0.1) is 0 Å². The monoisotopic (exact) mass is 329 g/mol. The van der Waals surface area contributed by atoms with E-state index in [0.29, 0.717) is 0 Å². The first-order valence-electron chi connectivity index (χ1n) is 7.39. The van der Waals surface area contributed by atoms with Gasteiger partial charge in [-0.25, -0.2) is 4.39 Å². The number of piperazine rings is 1. The highest BCUT2D eigenvalue weighted by atomic mass is 32.2. The zero-order valence-corrected chi connectivity index (χ0v) is 14.2. The van der Waals surface area contributed by atoms with Crippen LogP contribution in [0.3, 0.4) is 0 Å². The Morgan fingerprint density at radius 1 is 1.10 bits per heavy atom.